The SMILES string of the molecule is COC(=O)CCC1(C)C(C(C)(C)O)C(O)CC2(C)Oc3c(C)c4c(c(OC)c3CC21)C(=O)OC4. The summed E-state index contributed by atoms with van der Waals surface area (Å²) in [7, 11) is 2.89. The van der Waals surface area contributed by atoms with E-state index in [4.69, 9.17) is 18.9 Å². The maximum absolute atomic E-state index is 12.5. The summed E-state index contributed by atoms with van der Waals surface area (Å²) in [6, 6.07) is 0. The number of cyclic esters (lactones) is 1. The lowest BCUT2D eigenvalue weighted by atomic mass is 9.48. The average molecular weight is 477 g/mol. The van der Waals surface area contributed by atoms with Crippen LogP contribution in [-0.2, 0) is 27.3 Å². The predicted octanol–water partition coefficient (Wildman–Crippen LogP) is 3.10. The first-order chi connectivity index (χ1) is 15.8. The largest absolute Gasteiger partial charge is 0.495 e. The van der Waals surface area contributed by atoms with Crippen molar-refractivity contribution < 1.29 is 38.7 Å². The molecule has 0 amide bonds. The van der Waals surface area contributed by atoms with Crippen LogP contribution in [0.1, 0.15) is 74.0 Å². The van der Waals surface area contributed by atoms with E-state index in [2.05, 4.69) is 0 Å². The first-order valence-electron chi connectivity index (χ1n) is 11.8. The molecule has 1 aromatic carbocycles. The summed E-state index contributed by atoms with van der Waals surface area (Å²) in [5, 5.41) is 22.5. The van der Waals surface area contributed by atoms with Crippen LogP contribution < -0.4 is 9.47 Å². The van der Waals surface area contributed by atoms with Crippen molar-refractivity contribution in [3.8, 4) is 11.5 Å². The Morgan fingerprint density at radius 2 is 1.91 bits per heavy atom. The number of aliphatic hydroxyl groups is 2. The van der Waals surface area contributed by atoms with Gasteiger partial charge in [-0.05, 0) is 51.5 Å². The van der Waals surface area contributed by atoms with Gasteiger partial charge in [-0.1, -0.05) is 6.92 Å². The minimum Gasteiger partial charge on any atom is -0.495 e. The van der Waals surface area contributed by atoms with Crippen LogP contribution >= 0.6 is 0 Å². The minimum absolute atomic E-state index is 0.151. The number of hydrogen-bond donors (Lipinski definition) is 2. The summed E-state index contributed by atoms with van der Waals surface area (Å²) in [6.45, 7) is 9.49. The monoisotopic (exact) mass is 476 g/mol. The van der Waals surface area contributed by atoms with E-state index >= 15 is 0 Å². The van der Waals surface area contributed by atoms with Crippen molar-refractivity contribution in [1.82, 2.24) is 0 Å². The third-order valence-corrected chi connectivity index (χ3v) is 8.47. The number of rotatable bonds is 5. The van der Waals surface area contributed by atoms with Crippen LogP contribution in [0.15, 0.2) is 0 Å². The number of fused-ring (bicyclic) bond motifs is 3. The van der Waals surface area contributed by atoms with Gasteiger partial charge in [0.2, 0.25) is 0 Å². The maximum atomic E-state index is 12.5. The Morgan fingerprint density at radius 3 is 2.50 bits per heavy atom. The predicted molar refractivity (Wildman–Crippen MR) is 123 cm³/mol. The number of aliphatic hydroxyl groups excluding tert-OH is 1. The van der Waals surface area contributed by atoms with Gasteiger partial charge in [0.25, 0.3) is 0 Å². The van der Waals surface area contributed by atoms with Gasteiger partial charge in [0.1, 0.15) is 29.3 Å². The normalized spacial score (nSPS) is 32.1. The molecule has 2 N–H and O–H groups in total. The van der Waals surface area contributed by atoms with E-state index in [0.717, 1.165) is 16.7 Å². The Balaban J connectivity index is 1.89. The summed E-state index contributed by atoms with van der Waals surface area (Å²) in [4.78, 5) is 24.7. The summed E-state index contributed by atoms with van der Waals surface area (Å²) >= 11 is 0. The van der Waals surface area contributed by atoms with Crippen molar-refractivity contribution in [3.63, 3.8) is 0 Å². The highest BCUT2D eigenvalue weighted by atomic mass is 16.5. The van der Waals surface area contributed by atoms with Crippen molar-refractivity contribution in [3.05, 3.63) is 22.3 Å². The quantitative estimate of drug-likeness (QED) is 0.624. The van der Waals surface area contributed by atoms with Gasteiger partial charge in [0, 0.05) is 35.8 Å². The van der Waals surface area contributed by atoms with Crippen molar-refractivity contribution in [2.24, 2.45) is 17.3 Å². The molecule has 4 rings (SSSR count). The van der Waals surface area contributed by atoms with E-state index in [1.165, 1.54) is 14.2 Å². The van der Waals surface area contributed by atoms with Gasteiger partial charge in [-0.3, -0.25) is 4.79 Å². The fourth-order valence-corrected chi connectivity index (χ4v) is 7.21. The van der Waals surface area contributed by atoms with E-state index in [1.807, 2.05) is 20.8 Å². The second-order valence-corrected chi connectivity index (χ2v) is 11.1. The molecule has 8 heteroatoms. The van der Waals surface area contributed by atoms with Crippen molar-refractivity contribution in [2.45, 2.75) is 84.2 Å². The highest BCUT2D eigenvalue weighted by Crippen LogP contribution is 2.61. The molecule has 0 saturated heterocycles. The molecule has 1 fully saturated rings. The smallest absolute Gasteiger partial charge is 0.342 e. The van der Waals surface area contributed by atoms with Crippen molar-refractivity contribution >= 4 is 11.9 Å². The Labute approximate surface area is 200 Å². The molecule has 0 bridgehead atoms. The zero-order valence-electron chi connectivity index (χ0n) is 21.1. The Bertz CT molecular complexity index is 1020. The molecule has 2 aliphatic heterocycles. The Kier molecular flexibility index (Phi) is 5.92. The molecule has 0 spiro atoms. The lowest BCUT2D eigenvalue weighted by molar-refractivity contribution is -0.213. The molecule has 8 nitrogen and oxygen atoms in total. The molecule has 2 heterocycles. The van der Waals surface area contributed by atoms with Gasteiger partial charge in [0.05, 0.1) is 25.9 Å². The number of carbonyl (C=O) groups is 2. The summed E-state index contributed by atoms with van der Waals surface area (Å²) in [5.74, 6) is -0.324. The van der Waals surface area contributed by atoms with E-state index in [-0.39, 0.29) is 24.9 Å². The average Bonchev–Trinajstić information content (AvgIpc) is 3.12. The zero-order valence-corrected chi connectivity index (χ0v) is 21.1. The highest BCUT2D eigenvalue weighted by Gasteiger charge is 2.63. The van der Waals surface area contributed by atoms with Crippen LogP contribution in [0, 0.1) is 24.2 Å². The summed E-state index contributed by atoms with van der Waals surface area (Å²) in [5.41, 5.74) is 0.190. The number of methoxy groups -OCH3 is 2. The molecule has 1 saturated carbocycles. The summed E-state index contributed by atoms with van der Waals surface area (Å²) in [6.07, 6.45) is 0.546. The Morgan fingerprint density at radius 1 is 1.24 bits per heavy atom. The van der Waals surface area contributed by atoms with Gasteiger partial charge < -0.3 is 29.2 Å². The van der Waals surface area contributed by atoms with Crippen molar-refractivity contribution in [1.29, 1.82) is 0 Å². The number of benzene rings is 1. The molecule has 1 aliphatic carbocycles. The second kappa shape index (κ2) is 8.12. The van der Waals surface area contributed by atoms with Gasteiger partial charge >= 0.3 is 11.9 Å². The van der Waals surface area contributed by atoms with E-state index in [0.29, 0.717) is 36.3 Å². The molecule has 0 aromatic heterocycles. The highest BCUT2D eigenvalue weighted by molar-refractivity contribution is 5.98. The van der Waals surface area contributed by atoms with E-state index in [1.54, 1.807) is 13.8 Å². The van der Waals surface area contributed by atoms with Crippen LogP contribution in [0.4, 0.5) is 0 Å². The van der Waals surface area contributed by atoms with E-state index in [9.17, 15) is 19.8 Å². The first kappa shape index (κ1) is 24.8. The number of carbonyl (C=O) groups excluding carboxylic acids is 2. The fraction of sp³-hybridized carbons (Fsp3) is 0.692. The Hall–Kier alpha value is -2.32. The molecule has 188 valence electrons. The lowest BCUT2D eigenvalue weighted by Gasteiger charge is -2.61. The van der Waals surface area contributed by atoms with E-state index < -0.39 is 34.6 Å². The molecule has 5 atom stereocenters. The molecule has 34 heavy (non-hydrogen) atoms. The molecule has 5 unspecified atom stereocenters. The topological polar surface area (TPSA) is 112 Å². The number of hydrogen-bond acceptors (Lipinski definition) is 8. The molecule has 1 aromatic rings. The van der Waals surface area contributed by atoms with Gasteiger partial charge in [0.15, 0.2) is 0 Å². The van der Waals surface area contributed by atoms with Gasteiger partial charge in [-0.2, -0.15) is 0 Å². The number of esters is 2. The van der Waals surface area contributed by atoms with Crippen LogP contribution in [0.2, 0.25) is 0 Å². The third kappa shape index (κ3) is 3.57. The molecule has 3 aliphatic rings. The molecular formula is C26H36O8. The van der Waals surface area contributed by atoms with Crippen LogP contribution in [0.25, 0.3) is 0 Å². The second-order valence-electron chi connectivity index (χ2n) is 11.1. The molecule has 0 radical (unpaired) electrons. The zero-order chi connectivity index (χ0) is 25.2. The van der Waals surface area contributed by atoms with Gasteiger partial charge in [-0.25, -0.2) is 4.79 Å². The molecular weight excluding hydrogens is 440 g/mol. The minimum atomic E-state index is -1.20. The van der Waals surface area contributed by atoms with Crippen LogP contribution in [0.5, 0.6) is 11.5 Å². The standard InChI is InChI=1S/C26H36O8/c1-13-15-12-33-23(29)19(15)21(32-7)14-10-17-25(4,9-8-18(28)31-6)22(24(2,3)30)16(27)11-26(17,5)34-20(13)14/h16-17,22,27,30H,8-12H2,1-7H3. The van der Waals surface area contributed by atoms with Crippen LogP contribution in [-0.4, -0.2) is 53.7 Å². The summed E-state index contributed by atoms with van der Waals surface area (Å²) < 4.78 is 22.7. The number of ether oxygens (including phenoxy) is 4. The lowest BCUT2D eigenvalue weighted by Crippen LogP contribution is -2.66. The first-order valence-corrected chi connectivity index (χ1v) is 11.8. The van der Waals surface area contributed by atoms with Gasteiger partial charge in [-0.15, -0.1) is 0 Å². The van der Waals surface area contributed by atoms with Crippen LogP contribution in [0.3, 0.4) is 0 Å². The third-order valence-electron chi connectivity index (χ3n) is 8.47. The van der Waals surface area contributed by atoms with Crippen molar-refractivity contribution in [2.75, 3.05) is 14.2 Å². The maximum Gasteiger partial charge on any atom is 0.342 e. The fourth-order valence-electron chi connectivity index (χ4n) is 7.21.